The van der Waals surface area contributed by atoms with Gasteiger partial charge in [0, 0.05) is 13.1 Å². The Morgan fingerprint density at radius 3 is 2.92 bits per heavy atom. The van der Waals surface area contributed by atoms with Gasteiger partial charge in [-0.3, -0.25) is 5.41 Å². The molecular formula is C22H30N2O2. The van der Waals surface area contributed by atoms with Gasteiger partial charge in [-0.05, 0) is 57.1 Å². The second kappa shape index (κ2) is 8.84. The summed E-state index contributed by atoms with van der Waals surface area (Å²) in [7, 11) is 0. The van der Waals surface area contributed by atoms with Crippen molar-refractivity contribution >= 4 is 11.8 Å². The van der Waals surface area contributed by atoms with Crippen molar-refractivity contribution in [3.8, 4) is 0 Å². The molecule has 1 atom stereocenters. The van der Waals surface area contributed by atoms with Crippen molar-refractivity contribution < 1.29 is 9.53 Å². The molecule has 1 heterocycles. The van der Waals surface area contributed by atoms with Gasteiger partial charge in [-0.15, -0.1) is 0 Å². The lowest BCUT2D eigenvalue weighted by Gasteiger charge is -2.33. The Balaban J connectivity index is 1.87. The van der Waals surface area contributed by atoms with E-state index in [0.717, 1.165) is 37.0 Å². The van der Waals surface area contributed by atoms with Crippen LogP contribution in [0.3, 0.4) is 0 Å². The lowest BCUT2D eigenvalue weighted by Crippen LogP contribution is -2.42. The van der Waals surface area contributed by atoms with Gasteiger partial charge in [0.15, 0.2) is 0 Å². The highest BCUT2D eigenvalue weighted by atomic mass is 16.6. The van der Waals surface area contributed by atoms with Crippen molar-refractivity contribution in [2.24, 2.45) is 5.92 Å². The minimum Gasteiger partial charge on any atom is -0.444 e. The number of piperidine rings is 1. The van der Waals surface area contributed by atoms with Crippen LogP contribution in [0.4, 0.5) is 4.79 Å². The number of rotatable bonds is 4. The van der Waals surface area contributed by atoms with E-state index in [0.29, 0.717) is 18.2 Å². The lowest BCUT2D eigenvalue weighted by molar-refractivity contribution is 0.0186. The van der Waals surface area contributed by atoms with Crippen molar-refractivity contribution in [3.63, 3.8) is 0 Å². The van der Waals surface area contributed by atoms with Crippen molar-refractivity contribution in [3.05, 3.63) is 60.3 Å². The van der Waals surface area contributed by atoms with Crippen LogP contribution in [0, 0.1) is 11.3 Å². The van der Waals surface area contributed by atoms with Crippen molar-refractivity contribution in [1.29, 1.82) is 5.41 Å². The van der Waals surface area contributed by atoms with Crippen LogP contribution < -0.4 is 0 Å². The molecule has 4 heteroatoms. The fraction of sp³-hybridized carbons (Fsp3) is 0.455. The number of amides is 1. The zero-order chi connectivity index (χ0) is 19.2. The van der Waals surface area contributed by atoms with Gasteiger partial charge in [0.1, 0.15) is 5.60 Å². The van der Waals surface area contributed by atoms with Gasteiger partial charge in [0.05, 0.1) is 5.71 Å². The molecule has 26 heavy (non-hydrogen) atoms. The van der Waals surface area contributed by atoms with Crippen molar-refractivity contribution in [1.82, 2.24) is 4.90 Å². The van der Waals surface area contributed by atoms with Crippen LogP contribution >= 0.6 is 0 Å². The monoisotopic (exact) mass is 354 g/mol. The van der Waals surface area contributed by atoms with E-state index < -0.39 is 5.60 Å². The van der Waals surface area contributed by atoms with Crippen LogP contribution in [0.5, 0.6) is 0 Å². The van der Waals surface area contributed by atoms with Crippen LogP contribution in [0.2, 0.25) is 0 Å². The first-order chi connectivity index (χ1) is 12.3. The maximum absolute atomic E-state index is 12.2. The van der Waals surface area contributed by atoms with Gasteiger partial charge in [-0.2, -0.15) is 0 Å². The SMILES string of the molecule is C=CC1=CC=C/C(=C/C/C=C/C2CCCN(C(=O)OC(C)(C)C)C2)C1=N. The number of carbonyl (C=O) groups excluding carboxylic acids is 1. The number of hydrogen-bond donors (Lipinski definition) is 1. The van der Waals surface area contributed by atoms with Gasteiger partial charge >= 0.3 is 6.09 Å². The summed E-state index contributed by atoms with van der Waals surface area (Å²) < 4.78 is 5.47. The maximum Gasteiger partial charge on any atom is 0.410 e. The van der Waals surface area contributed by atoms with Gasteiger partial charge in [-0.1, -0.05) is 49.1 Å². The van der Waals surface area contributed by atoms with Crippen molar-refractivity contribution in [2.45, 2.75) is 45.6 Å². The van der Waals surface area contributed by atoms with Gasteiger partial charge in [-0.25, -0.2) is 4.79 Å². The maximum atomic E-state index is 12.2. The number of ether oxygens (including phenoxy) is 1. The van der Waals surface area contributed by atoms with E-state index in [1.165, 1.54) is 0 Å². The Labute approximate surface area is 157 Å². The molecular weight excluding hydrogens is 324 g/mol. The Hall–Kier alpha value is -2.36. The topological polar surface area (TPSA) is 53.4 Å². The predicted molar refractivity (Wildman–Crippen MR) is 108 cm³/mol. The summed E-state index contributed by atoms with van der Waals surface area (Å²) in [6, 6.07) is 0. The normalized spacial score (nSPS) is 22.7. The third kappa shape index (κ3) is 5.87. The van der Waals surface area contributed by atoms with Crippen LogP contribution in [-0.4, -0.2) is 35.4 Å². The zero-order valence-electron chi connectivity index (χ0n) is 16.1. The molecule has 4 nitrogen and oxygen atoms in total. The van der Waals surface area contributed by atoms with Crippen LogP contribution in [-0.2, 0) is 4.74 Å². The highest BCUT2D eigenvalue weighted by Crippen LogP contribution is 2.21. The third-order valence-corrected chi connectivity index (χ3v) is 4.34. The molecule has 1 saturated heterocycles. The number of carbonyl (C=O) groups is 1. The van der Waals surface area contributed by atoms with E-state index in [9.17, 15) is 4.79 Å². The molecule has 1 N–H and O–H groups in total. The Bertz CT molecular complexity index is 675. The fourth-order valence-electron chi connectivity index (χ4n) is 3.05. The molecule has 2 aliphatic rings. The molecule has 0 aromatic rings. The average Bonchev–Trinajstić information content (AvgIpc) is 2.59. The molecule has 1 unspecified atom stereocenters. The van der Waals surface area contributed by atoms with Crippen molar-refractivity contribution in [2.75, 3.05) is 13.1 Å². The first-order valence-electron chi connectivity index (χ1n) is 9.25. The minimum atomic E-state index is -0.456. The molecule has 0 aromatic heterocycles. The Morgan fingerprint density at radius 1 is 1.46 bits per heavy atom. The van der Waals surface area contributed by atoms with Crippen LogP contribution in [0.25, 0.3) is 0 Å². The smallest absolute Gasteiger partial charge is 0.410 e. The molecule has 1 fully saturated rings. The number of likely N-dealkylation sites (tertiary alicyclic amines) is 1. The van der Waals surface area contributed by atoms with E-state index >= 15 is 0 Å². The third-order valence-electron chi connectivity index (χ3n) is 4.34. The van der Waals surface area contributed by atoms with E-state index in [2.05, 4.69) is 24.8 Å². The lowest BCUT2D eigenvalue weighted by atomic mass is 9.95. The summed E-state index contributed by atoms with van der Waals surface area (Å²) >= 11 is 0. The van der Waals surface area contributed by atoms with Crippen LogP contribution in [0.1, 0.15) is 40.0 Å². The van der Waals surface area contributed by atoms with Gasteiger partial charge in [0.2, 0.25) is 0 Å². The number of nitrogens with zero attached hydrogens (tertiary/aromatic N) is 1. The number of allylic oxidation sites excluding steroid dienone is 8. The minimum absolute atomic E-state index is 0.220. The molecule has 0 radical (unpaired) electrons. The zero-order valence-corrected chi connectivity index (χ0v) is 16.1. The largest absolute Gasteiger partial charge is 0.444 e. The van der Waals surface area contributed by atoms with Gasteiger partial charge < -0.3 is 9.64 Å². The molecule has 0 saturated carbocycles. The molecule has 0 bridgehead atoms. The van der Waals surface area contributed by atoms with Crippen LogP contribution in [0.15, 0.2) is 60.3 Å². The average molecular weight is 354 g/mol. The summed E-state index contributed by atoms with van der Waals surface area (Å²) in [5.74, 6) is 0.361. The number of nitrogens with one attached hydrogen (secondary N) is 1. The first kappa shape index (κ1) is 20.0. The second-order valence-corrected chi connectivity index (χ2v) is 7.71. The molecule has 1 amide bonds. The Morgan fingerprint density at radius 2 is 2.23 bits per heavy atom. The summed E-state index contributed by atoms with van der Waals surface area (Å²) in [5.41, 5.74) is 1.83. The predicted octanol–water partition coefficient (Wildman–Crippen LogP) is 5.21. The molecule has 0 spiro atoms. The van der Waals surface area contributed by atoms with E-state index in [-0.39, 0.29) is 6.09 Å². The summed E-state index contributed by atoms with van der Waals surface area (Å²) in [5, 5.41) is 8.14. The molecule has 0 aromatic carbocycles. The highest BCUT2D eigenvalue weighted by Gasteiger charge is 2.26. The number of hydrogen-bond acceptors (Lipinski definition) is 3. The van der Waals surface area contributed by atoms with Gasteiger partial charge in [0.25, 0.3) is 0 Å². The summed E-state index contributed by atoms with van der Waals surface area (Å²) in [6.07, 6.45) is 16.5. The fourth-order valence-corrected chi connectivity index (χ4v) is 3.05. The molecule has 140 valence electrons. The van der Waals surface area contributed by atoms with E-state index in [1.54, 1.807) is 6.08 Å². The van der Waals surface area contributed by atoms with E-state index in [4.69, 9.17) is 10.1 Å². The second-order valence-electron chi connectivity index (χ2n) is 7.71. The quantitative estimate of drug-likeness (QED) is 0.705. The van der Waals surface area contributed by atoms with E-state index in [1.807, 2.05) is 43.9 Å². The summed E-state index contributed by atoms with van der Waals surface area (Å²) in [4.78, 5) is 14.0. The Kier molecular flexibility index (Phi) is 6.78. The first-order valence-corrected chi connectivity index (χ1v) is 9.25. The highest BCUT2D eigenvalue weighted by molar-refractivity contribution is 6.14. The summed E-state index contributed by atoms with van der Waals surface area (Å²) in [6.45, 7) is 10.9. The molecule has 2 rings (SSSR count). The molecule has 1 aliphatic carbocycles. The standard InChI is InChI=1S/C22H30N2O2/c1-5-18-13-8-14-19(20(18)23)12-7-6-10-17-11-9-15-24(16-17)21(25)26-22(2,3)4/h5-6,8,10,12-14,17,23H,1,7,9,11,15-16H2,2-4H3/b10-6+,19-12-,23-20?. The molecule has 1 aliphatic heterocycles.